The van der Waals surface area contributed by atoms with Crippen LogP contribution >= 0.6 is 0 Å². The predicted molar refractivity (Wildman–Crippen MR) is 139 cm³/mol. The highest BCUT2D eigenvalue weighted by atomic mass is 16.7. The molecule has 200 valence electrons. The monoisotopic (exact) mass is 486 g/mol. The maximum atomic E-state index is 11.0. The van der Waals surface area contributed by atoms with Crippen molar-refractivity contribution in [1.29, 1.82) is 0 Å². The van der Waals surface area contributed by atoms with E-state index in [1.165, 1.54) is 45.3 Å². The Balaban J connectivity index is -0.000000921. The van der Waals surface area contributed by atoms with Crippen molar-refractivity contribution in [2.45, 2.75) is 98.7 Å². The summed E-state index contributed by atoms with van der Waals surface area (Å²) in [5.74, 6) is -1.14. The van der Waals surface area contributed by atoms with Crippen molar-refractivity contribution in [3.8, 4) is 5.75 Å². The Morgan fingerprint density at radius 1 is 0.853 bits per heavy atom. The number of carboxylic acids is 1. The van der Waals surface area contributed by atoms with Crippen LogP contribution in [0.1, 0.15) is 92.9 Å². The highest BCUT2D eigenvalue weighted by molar-refractivity contribution is 5.85. The van der Waals surface area contributed by atoms with Gasteiger partial charge >= 0.3 is 5.97 Å². The normalized spacial score (nSPS) is 11.9. The average Bonchev–Trinajstić information content (AvgIpc) is 2.79. The molecule has 7 heteroatoms. The van der Waals surface area contributed by atoms with E-state index in [0.717, 1.165) is 12.8 Å². The molecule has 0 aliphatic heterocycles. The van der Waals surface area contributed by atoms with Crippen LogP contribution in [0, 0.1) is 0 Å². The number of aliphatic hydroxyl groups is 3. The fourth-order valence-electron chi connectivity index (χ4n) is 2.54. The third kappa shape index (κ3) is 26.2. The van der Waals surface area contributed by atoms with Crippen LogP contribution in [0.4, 0.5) is 0 Å². The van der Waals surface area contributed by atoms with Gasteiger partial charge in [-0.1, -0.05) is 63.6 Å². The fraction of sp³-hybridized carbons (Fsp3) is 0.667. The fourth-order valence-corrected chi connectivity index (χ4v) is 2.54. The summed E-state index contributed by atoms with van der Waals surface area (Å²) >= 11 is 0. The second-order valence-electron chi connectivity index (χ2n) is 7.59. The molecule has 1 rings (SSSR count). The molecular formula is C27H50O7. The summed E-state index contributed by atoms with van der Waals surface area (Å²) in [5, 5.41) is 31.7. The van der Waals surface area contributed by atoms with Gasteiger partial charge in [0.1, 0.15) is 5.75 Å². The van der Waals surface area contributed by atoms with Gasteiger partial charge in [0.15, 0.2) is 0 Å². The predicted octanol–water partition coefficient (Wildman–Crippen LogP) is 5.92. The molecule has 1 aromatic carbocycles. The minimum absolute atomic E-state index is 0.155. The summed E-state index contributed by atoms with van der Waals surface area (Å²) in [6, 6.07) is 9.49. The van der Waals surface area contributed by atoms with Crippen molar-refractivity contribution < 1.29 is 34.7 Å². The van der Waals surface area contributed by atoms with Gasteiger partial charge in [-0.15, -0.1) is 0 Å². The molecule has 0 bridgehead atoms. The van der Waals surface area contributed by atoms with E-state index in [4.69, 9.17) is 29.9 Å². The van der Waals surface area contributed by atoms with E-state index in [0.29, 0.717) is 12.2 Å². The minimum atomic E-state index is -0.988. The minimum Gasteiger partial charge on any atom is -0.478 e. The molecule has 1 unspecified atom stereocenters. The zero-order chi connectivity index (χ0) is 26.7. The average molecular weight is 487 g/mol. The first-order valence-corrected chi connectivity index (χ1v) is 12.4. The van der Waals surface area contributed by atoms with Crippen LogP contribution < -0.4 is 4.74 Å². The van der Waals surface area contributed by atoms with Gasteiger partial charge in [-0.25, -0.2) is 4.79 Å². The van der Waals surface area contributed by atoms with Crippen LogP contribution in [0.15, 0.2) is 42.2 Å². The number of benzene rings is 1. The Kier molecular flexibility index (Phi) is 29.1. The first-order chi connectivity index (χ1) is 16.2. The van der Waals surface area contributed by atoms with Crippen LogP contribution in [-0.4, -0.2) is 52.0 Å². The molecule has 34 heavy (non-hydrogen) atoms. The number of carbonyl (C=O) groups is 1. The van der Waals surface area contributed by atoms with E-state index in [2.05, 4.69) is 6.92 Å². The molecule has 0 saturated carbocycles. The number of aliphatic hydroxyl groups excluding tert-OH is 3. The summed E-state index contributed by atoms with van der Waals surface area (Å²) in [6.45, 7) is 11.4. The number of para-hydroxylation sites is 1. The summed E-state index contributed by atoms with van der Waals surface area (Å²) in [6.07, 6.45) is 10.4. The van der Waals surface area contributed by atoms with Gasteiger partial charge in [0.2, 0.25) is 5.79 Å². The van der Waals surface area contributed by atoms with Crippen molar-refractivity contribution in [1.82, 2.24) is 0 Å². The largest absolute Gasteiger partial charge is 0.478 e. The van der Waals surface area contributed by atoms with E-state index in [1.54, 1.807) is 20.8 Å². The van der Waals surface area contributed by atoms with Crippen LogP contribution in [-0.2, 0) is 9.53 Å². The van der Waals surface area contributed by atoms with Crippen molar-refractivity contribution in [3.05, 3.63) is 42.2 Å². The highest BCUT2D eigenvalue weighted by Crippen LogP contribution is 2.26. The van der Waals surface area contributed by atoms with Crippen LogP contribution in [0.25, 0.3) is 0 Å². The van der Waals surface area contributed by atoms with Crippen molar-refractivity contribution in [3.63, 3.8) is 0 Å². The van der Waals surface area contributed by atoms with E-state index >= 15 is 0 Å². The lowest BCUT2D eigenvalue weighted by atomic mass is 10.1. The molecular weight excluding hydrogens is 436 g/mol. The number of ether oxygens (including phenoxy) is 2. The number of hydrogen-bond donors (Lipinski definition) is 4. The van der Waals surface area contributed by atoms with Gasteiger partial charge in [-0.3, -0.25) is 0 Å². The molecule has 0 saturated heterocycles. The Bertz CT molecular complexity index is 571. The Labute approximate surface area is 207 Å². The molecule has 0 fully saturated rings. The zero-order valence-corrected chi connectivity index (χ0v) is 22.3. The number of carboxylic acid groups (broad SMARTS) is 1. The second kappa shape index (κ2) is 27.2. The summed E-state index contributed by atoms with van der Waals surface area (Å²) < 4.78 is 11.8. The molecule has 1 aromatic rings. The molecule has 0 aliphatic carbocycles. The molecule has 0 aliphatic rings. The van der Waals surface area contributed by atoms with Crippen molar-refractivity contribution >= 4 is 5.97 Å². The van der Waals surface area contributed by atoms with Gasteiger partial charge in [0, 0.05) is 33.2 Å². The van der Waals surface area contributed by atoms with Crippen LogP contribution in [0.3, 0.4) is 0 Å². The smallest absolute Gasteiger partial charge is 0.334 e. The lowest BCUT2D eigenvalue weighted by Crippen LogP contribution is -2.34. The Morgan fingerprint density at radius 2 is 1.29 bits per heavy atom. The Hall–Kier alpha value is -2.09. The highest BCUT2D eigenvalue weighted by Gasteiger charge is 2.27. The third-order valence-corrected chi connectivity index (χ3v) is 4.13. The first kappa shape index (κ1) is 36.5. The molecule has 0 aromatic heterocycles. The summed E-state index contributed by atoms with van der Waals surface area (Å²) in [7, 11) is 0. The van der Waals surface area contributed by atoms with Crippen molar-refractivity contribution in [2.24, 2.45) is 0 Å². The second-order valence-corrected chi connectivity index (χ2v) is 7.59. The molecule has 4 N–H and O–H groups in total. The van der Waals surface area contributed by atoms with E-state index < -0.39 is 11.8 Å². The maximum absolute atomic E-state index is 11.0. The Morgan fingerprint density at radius 3 is 1.74 bits per heavy atom. The van der Waals surface area contributed by atoms with Crippen molar-refractivity contribution in [2.75, 3.05) is 19.8 Å². The molecule has 0 heterocycles. The lowest BCUT2D eigenvalue weighted by molar-refractivity contribution is -0.140. The van der Waals surface area contributed by atoms with E-state index in [-0.39, 0.29) is 25.4 Å². The molecule has 7 nitrogen and oxygen atoms in total. The number of hydrogen-bond acceptors (Lipinski definition) is 6. The van der Waals surface area contributed by atoms with Gasteiger partial charge in [0.05, 0.1) is 11.8 Å². The van der Waals surface area contributed by atoms with Gasteiger partial charge < -0.3 is 29.9 Å². The van der Waals surface area contributed by atoms with Gasteiger partial charge in [-0.2, -0.15) is 0 Å². The van der Waals surface area contributed by atoms with Gasteiger partial charge in [0.25, 0.3) is 0 Å². The number of aliphatic carboxylic acids is 1. The van der Waals surface area contributed by atoms with Crippen LogP contribution in [0.5, 0.6) is 5.75 Å². The SMILES string of the molecule is CCCCCCCCCC(C)(OC=C(C)C(=O)O)Oc1ccccc1.CCO.CCO.CCO. The van der Waals surface area contributed by atoms with Crippen LogP contribution in [0.2, 0.25) is 0 Å². The third-order valence-electron chi connectivity index (χ3n) is 4.13. The summed E-state index contributed by atoms with van der Waals surface area (Å²) in [4.78, 5) is 11.0. The summed E-state index contributed by atoms with van der Waals surface area (Å²) in [5.41, 5.74) is 0.155. The van der Waals surface area contributed by atoms with Gasteiger partial charge in [-0.05, 0) is 46.2 Å². The topological polar surface area (TPSA) is 116 Å². The number of unbranched alkanes of at least 4 members (excludes halogenated alkanes) is 6. The first-order valence-electron chi connectivity index (χ1n) is 12.4. The maximum Gasteiger partial charge on any atom is 0.334 e. The quantitative estimate of drug-likeness (QED) is 0.118. The molecule has 1 atom stereocenters. The standard InChI is InChI=1S/C21H32O4.3C2H6O/c1-4-5-6-7-8-9-13-16-21(3,24-17-18(2)20(22)23)25-19-14-11-10-12-15-19;3*1-2-3/h10-12,14-15,17H,4-9,13,16H2,1-3H3,(H,22,23);3*3H,2H2,1H3. The molecule has 0 radical (unpaired) electrons. The lowest BCUT2D eigenvalue weighted by Gasteiger charge is -2.30. The van der Waals surface area contributed by atoms with E-state index in [1.807, 2.05) is 37.3 Å². The molecule has 0 amide bonds. The number of rotatable bonds is 13. The van der Waals surface area contributed by atoms with E-state index in [9.17, 15) is 4.79 Å². The zero-order valence-electron chi connectivity index (χ0n) is 22.3. The molecule has 0 spiro atoms.